The van der Waals surface area contributed by atoms with Gasteiger partial charge in [-0.15, -0.1) is 0 Å². The first-order chi connectivity index (χ1) is 11.5. The van der Waals surface area contributed by atoms with E-state index in [9.17, 15) is 0 Å². The molecule has 0 radical (unpaired) electrons. The summed E-state index contributed by atoms with van der Waals surface area (Å²) in [5, 5.41) is 0. The third kappa shape index (κ3) is 1.74. The fourth-order valence-electron chi connectivity index (χ4n) is 1.71. The first-order valence-electron chi connectivity index (χ1n) is 9.07. The first kappa shape index (κ1) is 5.79. The second kappa shape index (κ2) is 3.77. The smallest absolute Gasteiger partial charge is 0.173 e. The molecule has 0 saturated heterocycles. The molecule has 18 heavy (non-hydrogen) atoms. The minimum atomic E-state index is -0.601. The van der Waals surface area contributed by atoms with E-state index in [0.29, 0.717) is 5.56 Å². The number of rotatable bonds is 0. The summed E-state index contributed by atoms with van der Waals surface area (Å²) in [5.41, 5.74) is -0.252. The lowest BCUT2D eigenvalue weighted by Gasteiger charge is -2.27. The maximum Gasteiger partial charge on any atom is 0.173 e. The number of fused-ring (bicyclic) bond motifs is 2. The van der Waals surface area contributed by atoms with E-state index in [2.05, 4.69) is 0 Å². The van der Waals surface area contributed by atoms with Crippen LogP contribution in [0.2, 0.25) is 0 Å². The Balaban J connectivity index is 2.37. The highest BCUT2D eigenvalue weighted by atomic mass is 16.6. The molecule has 0 atom stereocenters. The summed E-state index contributed by atoms with van der Waals surface area (Å²) in [6.07, 6.45) is 0. The van der Waals surface area contributed by atoms with Crippen LogP contribution in [0.15, 0.2) is 42.3 Å². The molecule has 2 nitrogen and oxygen atoms in total. The van der Waals surface area contributed by atoms with E-state index in [0.717, 1.165) is 0 Å². The van der Waals surface area contributed by atoms with Crippen molar-refractivity contribution in [1.82, 2.24) is 0 Å². The summed E-state index contributed by atoms with van der Waals surface area (Å²) in [6.45, 7) is 5.47. The number of benzene rings is 2. The molecule has 1 heterocycles. The predicted octanol–water partition coefficient (Wildman–Crippen LogP) is 4.88. The van der Waals surface area contributed by atoms with Gasteiger partial charge in [0.15, 0.2) is 23.0 Å². The van der Waals surface area contributed by atoms with Gasteiger partial charge in [-0.05, 0) is 23.5 Å². The third-order valence-electron chi connectivity index (χ3n) is 2.58. The summed E-state index contributed by atoms with van der Waals surface area (Å²) in [6, 6.07) is -2.58. The van der Waals surface area contributed by atoms with Crippen LogP contribution < -0.4 is 9.47 Å². The fraction of sp³-hybridized carbons (Fsp3) is 0.250. The van der Waals surface area contributed by atoms with Gasteiger partial charge in [-0.25, -0.2) is 0 Å². The highest BCUT2D eigenvalue weighted by Gasteiger charge is 2.26. The molecule has 0 spiro atoms. The van der Waals surface area contributed by atoms with Gasteiger partial charge in [-0.3, -0.25) is 0 Å². The lowest BCUT2D eigenvalue weighted by atomic mass is 9.86. The van der Waals surface area contributed by atoms with Crippen LogP contribution in [-0.2, 0) is 5.41 Å². The molecule has 1 aliphatic rings. The van der Waals surface area contributed by atoms with Gasteiger partial charge < -0.3 is 9.47 Å². The average Bonchev–Trinajstić information content (AvgIpc) is 2.54. The van der Waals surface area contributed by atoms with Crippen LogP contribution in [0.4, 0.5) is 0 Å². The Hall–Kier alpha value is -1.96. The Bertz CT molecular complexity index is 917. The molecule has 0 fully saturated rings. The Kier molecular flexibility index (Phi) is 1.21. The topological polar surface area (TPSA) is 18.5 Å². The van der Waals surface area contributed by atoms with Crippen molar-refractivity contribution in [1.29, 1.82) is 0 Å². The highest BCUT2D eigenvalue weighted by Crippen LogP contribution is 2.48. The lowest BCUT2D eigenvalue weighted by molar-refractivity contribution is 0.349. The van der Waals surface area contributed by atoms with Crippen molar-refractivity contribution in [2.75, 3.05) is 0 Å². The zero-order valence-electron chi connectivity index (χ0n) is 17.3. The molecule has 2 aromatic carbocycles. The maximum atomic E-state index is 8.19. The first-order valence-corrected chi connectivity index (χ1v) is 5.57. The second-order valence-electron chi connectivity index (χ2n) is 5.02. The molecule has 0 bridgehead atoms. The number of ether oxygens (including phenoxy) is 2. The monoisotopic (exact) mass is 247 g/mol. The number of hydrogen-bond acceptors (Lipinski definition) is 2. The van der Waals surface area contributed by atoms with E-state index in [-0.39, 0.29) is 41.1 Å². The van der Waals surface area contributed by atoms with Crippen LogP contribution in [0.5, 0.6) is 23.0 Å². The number of hydrogen-bond donors (Lipinski definition) is 0. The van der Waals surface area contributed by atoms with Crippen LogP contribution in [0.1, 0.15) is 35.9 Å². The van der Waals surface area contributed by atoms with E-state index < -0.39 is 29.6 Å². The molecule has 0 saturated carbocycles. The van der Waals surface area contributed by atoms with Crippen molar-refractivity contribution >= 4 is 0 Å². The average molecular weight is 247 g/mol. The number of para-hydroxylation sites is 3. The van der Waals surface area contributed by atoms with Crippen LogP contribution in [0, 0.1) is 0 Å². The van der Waals surface area contributed by atoms with Crippen molar-refractivity contribution in [2.45, 2.75) is 26.2 Å². The Morgan fingerprint density at radius 3 is 2.11 bits per heavy atom. The van der Waals surface area contributed by atoms with Gasteiger partial charge in [-0.1, -0.05) is 44.9 Å². The normalized spacial score (nSPS) is 18.5. The van der Waals surface area contributed by atoms with Crippen molar-refractivity contribution in [3.8, 4) is 23.0 Å². The summed E-state index contributed by atoms with van der Waals surface area (Å²) in [7, 11) is 0. The minimum absolute atomic E-state index is 0.0519. The minimum Gasteiger partial charge on any atom is -0.450 e. The van der Waals surface area contributed by atoms with Gasteiger partial charge in [-0.2, -0.15) is 0 Å². The predicted molar refractivity (Wildman–Crippen MR) is 71.7 cm³/mol. The van der Waals surface area contributed by atoms with Crippen molar-refractivity contribution < 1.29 is 19.1 Å². The van der Waals surface area contributed by atoms with E-state index >= 15 is 0 Å². The van der Waals surface area contributed by atoms with Crippen LogP contribution in [0.3, 0.4) is 0 Å². The standard InChI is InChI=1S/C16H16O2/c1-16(2,3)11-7-6-10-14-15(11)18-13-9-5-4-8-12(13)17-14/h4-10H,1-3H3/i4D,5D,6D,7D,8D,9D,10D. The molecule has 0 unspecified atom stereocenters. The van der Waals surface area contributed by atoms with Crippen molar-refractivity contribution in [3.05, 3.63) is 47.9 Å². The molecule has 92 valence electrons. The molecule has 3 rings (SSSR count). The van der Waals surface area contributed by atoms with Gasteiger partial charge in [0.25, 0.3) is 0 Å². The zero-order valence-corrected chi connectivity index (χ0v) is 10.3. The van der Waals surface area contributed by atoms with Gasteiger partial charge in [0.05, 0.1) is 9.60 Å². The molecule has 0 N–H and O–H groups in total. The summed E-state index contributed by atoms with van der Waals surface area (Å²) < 4.78 is 67.1. The molecule has 0 aromatic heterocycles. The van der Waals surface area contributed by atoms with Crippen molar-refractivity contribution in [3.63, 3.8) is 0 Å². The Morgan fingerprint density at radius 1 is 0.833 bits per heavy atom. The molecule has 2 aromatic rings. The maximum absolute atomic E-state index is 8.19. The van der Waals surface area contributed by atoms with E-state index in [1.807, 2.05) is 20.8 Å². The summed E-state index contributed by atoms with van der Waals surface area (Å²) >= 11 is 0. The van der Waals surface area contributed by atoms with E-state index in [4.69, 9.17) is 19.1 Å². The fourth-order valence-corrected chi connectivity index (χ4v) is 1.71. The van der Waals surface area contributed by atoms with E-state index in [1.54, 1.807) is 0 Å². The van der Waals surface area contributed by atoms with Crippen LogP contribution in [0.25, 0.3) is 0 Å². The molecule has 0 aliphatic carbocycles. The van der Waals surface area contributed by atoms with Gasteiger partial charge >= 0.3 is 0 Å². The SMILES string of the molecule is [2H]c1c([2H])c([2H])c2c(c1[2H])Oc1c([2H])c([2H])c([2H])c(C(C)(C)C)c1O2. The molecular formula is C16H16O2. The van der Waals surface area contributed by atoms with Gasteiger partial charge in [0.1, 0.15) is 0 Å². The Morgan fingerprint density at radius 2 is 1.44 bits per heavy atom. The highest BCUT2D eigenvalue weighted by molar-refractivity contribution is 5.58. The summed E-state index contributed by atoms with van der Waals surface area (Å²) in [5.74, 6) is -0.455. The van der Waals surface area contributed by atoms with Gasteiger partial charge in [0.2, 0.25) is 0 Å². The molecule has 2 heteroatoms. The van der Waals surface area contributed by atoms with Gasteiger partial charge in [0, 0.05) is 5.56 Å². The Labute approximate surface area is 117 Å². The van der Waals surface area contributed by atoms with Crippen molar-refractivity contribution in [2.24, 2.45) is 0 Å². The van der Waals surface area contributed by atoms with Crippen LogP contribution >= 0.6 is 0 Å². The van der Waals surface area contributed by atoms with Crippen LogP contribution in [-0.4, -0.2) is 0 Å². The largest absolute Gasteiger partial charge is 0.450 e. The quantitative estimate of drug-likeness (QED) is 0.563. The lowest BCUT2D eigenvalue weighted by Crippen LogP contribution is -2.14. The van der Waals surface area contributed by atoms with E-state index in [1.165, 1.54) is 0 Å². The molecule has 0 amide bonds. The zero-order chi connectivity index (χ0) is 18.8. The summed E-state index contributed by atoms with van der Waals surface area (Å²) in [4.78, 5) is 0. The molecular weight excluding hydrogens is 224 g/mol. The molecule has 1 aliphatic heterocycles. The second-order valence-corrected chi connectivity index (χ2v) is 5.02. The third-order valence-corrected chi connectivity index (χ3v) is 2.58.